The van der Waals surface area contributed by atoms with Crippen LogP contribution in [0.15, 0.2) is 0 Å². The highest BCUT2D eigenvalue weighted by molar-refractivity contribution is 4.71. The smallest absolute Gasteiger partial charge is 0.0105 e. The van der Waals surface area contributed by atoms with E-state index in [0.29, 0.717) is 0 Å². The van der Waals surface area contributed by atoms with Gasteiger partial charge in [-0.3, -0.25) is 0 Å². The van der Waals surface area contributed by atoms with E-state index in [1.165, 1.54) is 32.4 Å². The molecule has 0 unspecified atom stereocenters. The summed E-state index contributed by atoms with van der Waals surface area (Å²) in [7, 11) is 0. The molecule has 0 bridgehead atoms. The van der Waals surface area contributed by atoms with Gasteiger partial charge in [0.1, 0.15) is 0 Å². The number of nitrogens with two attached hydrogens (primary N) is 1. The fourth-order valence-corrected chi connectivity index (χ4v) is 1.87. The van der Waals surface area contributed by atoms with Gasteiger partial charge in [-0.1, -0.05) is 13.3 Å². The lowest BCUT2D eigenvalue weighted by molar-refractivity contribution is 0.176. The summed E-state index contributed by atoms with van der Waals surface area (Å²) in [5, 5.41) is 0. The van der Waals surface area contributed by atoms with Gasteiger partial charge in [0.25, 0.3) is 0 Å². The first kappa shape index (κ1) is 9.01. The standard InChI is InChI=1S/C9H20N2/c1-2-9-4-3-6-11(8-9)7-5-10/h9H,2-8,10H2,1H3/t9-/m1/s1. The van der Waals surface area contributed by atoms with Gasteiger partial charge in [-0.15, -0.1) is 0 Å². The third kappa shape index (κ3) is 2.80. The first-order valence-electron chi connectivity index (χ1n) is 4.79. The molecular formula is C9H20N2. The van der Waals surface area contributed by atoms with Crippen molar-refractivity contribution in [2.75, 3.05) is 26.2 Å². The Morgan fingerprint density at radius 1 is 1.55 bits per heavy atom. The molecule has 0 aromatic heterocycles. The highest BCUT2D eigenvalue weighted by Gasteiger charge is 2.16. The molecule has 0 aliphatic carbocycles. The summed E-state index contributed by atoms with van der Waals surface area (Å²) in [5.41, 5.74) is 5.50. The number of piperidine rings is 1. The highest BCUT2D eigenvalue weighted by atomic mass is 15.1. The quantitative estimate of drug-likeness (QED) is 0.662. The van der Waals surface area contributed by atoms with Gasteiger partial charge in [-0.25, -0.2) is 0 Å². The lowest BCUT2D eigenvalue weighted by atomic mass is 9.96. The second-order valence-electron chi connectivity index (χ2n) is 3.51. The summed E-state index contributed by atoms with van der Waals surface area (Å²) in [6.07, 6.45) is 4.14. The Morgan fingerprint density at radius 2 is 2.36 bits per heavy atom. The number of likely N-dealkylation sites (tertiary alicyclic amines) is 1. The normalized spacial score (nSPS) is 27.3. The average molecular weight is 156 g/mol. The van der Waals surface area contributed by atoms with Crippen molar-refractivity contribution in [3.63, 3.8) is 0 Å². The van der Waals surface area contributed by atoms with Crippen LogP contribution in [-0.2, 0) is 0 Å². The minimum absolute atomic E-state index is 0.816. The van der Waals surface area contributed by atoms with Crippen LogP contribution in [0.2, 0.25) is 0 Å². The number of rotatable bonds is 3. The summed E-state index contributed by atoms with van der Waals surface area (Å²) in [6.45, 7) is 6.75. The van der Waals surface area contributed by atoms with Gasteiger partial charge in [0.15, 0.2) is 0 Å². The molecular weight excluding hydrogens is 136 g/mol. The van der Waals surface area contributed by atoms with Crippen molar-refractivity contribution in [2.24, 2.45) is 11.7 Å². The molecule has 2 heteroatoms. The van der Waals surface area contributed by atoms with Gasteiger partial charge >= 0.3 is 0 Å². The summed E-state index contributed by atoms with van der Waals surface area (Å²) in [6, 6.07) is 0. The van der Waals surface area contributed by atoms with Crippen LogP contribution < -0.4 is 5.73 Å². The summed E-state index contributed by atoms with van der Waals surface area (Å²) < 4.78 is 0. The van der Waals surface area contributed by atoms with Crippen LogP contribution in [0, 0.1) is 5.92 Å². The second-order valence-corrected chi connectivity index (χ2v) is 3.51. The van der Waals surface area contributed by atoms with Crippen molar-refractivity contribution in [3.05, 3.63) is 0 Å². The van der Waals surface area contributed by atoms with Crippen molar-refractivity contribution in [1.82, 2.24) is 4.90 Å². The molecule has 0 spiro atoms. The van der Waals surface area contributed by atoms with Crippen LogP contribution in [0.1, 0.15) is 26.2 Å². The Morgan fingerprint density at radius 3 is 3.00 bits per heavy atom. The average Bonchev–Trinajstić information content (AvgIpc) is 2.06. The van der Waals surface area contributed by atoms with E-state index in [0.717, 1.165) is 19.0 Å². The van der Waals surface area contributed by atoms with E-state index in [9.17, 15) is 0 Å². The Hall–Kier alpha value is -0.0800. The lowest BCUT2D eigenvalue weighted by Crippen LogP contribution is -2.38. The molecule has 11 heavy (non-hydrogen) atoms. The van der Waals surface area contributed by atoms with Gasteiger partial charge in [0, 0.05) is 19.6 Å². The van der Waals surface area contributed by atoms with E-state index in [1.54, 1.807) is 0 Å². The Labute approximate surface area is 69.8 Å². The maximum atomic E-state index is 5.50. The van der Waals surface area contributed by atoms with Gasteiger partial charge in [-0.2, -0.15) is 0 Å². The van der Waals surface area contributed by atoms with Crippen LogP contribution in [-0.4, -0.2) is 31.1 Å². The van der Waals surface area contributed by atoms with Crippen LogP contribution >= 0.6 is 0 Å². The predicted octanol–water partition coefficient (Wildman–Crippen LogP) is 1.07. The molecule has 2 N–H and O–H groups in total. The van der Waals surface area contributed by atoms with Gasteiger partial charge in [-0.05, 0) is 25.3 Å². The Bertz CT molecular complexity index is 102. The molecule has 0 radical (unpaired) electrons. The van der Waals surface area contributed by atoms with Crippen molar-refractivity contribution in [2.45, 2.75) is 26.2 Å². The largest absolute Gasteiger partial charge is 0.329 e. The summed E-state index contributed by atoms with van der Waals surface area (Å²) >= 11 is 0. The number of hydrogen-bond acceptors (Lipinski definition) is 2. The van der Waals surface area contributed by atoms with Crippen LogP contribution in [0.4, 0.5) is 0 Å². The summed E-state index contributed by atoms with van der Waals surface area (Å²) in [4.78, 5) is 2.50. The van der Waals surface area contributed by atoms with E-state index >= 15 is 0 Å². The maximum Gasteiger partial charge on any atom is 0.0105 e. The van der Waals surface area contributed by atoms with E-state index in [-0.39, 0.29) is 0 Å². The first-order valence-corrected chi connectivity index (χ1v) is 4.79. The summed E-state index contributed by atoms with van der Waals surface area (Å²) in [5.74, 6) is 0.940. The fraction of sp³-hybridized carbons (Fsp3) is 1.00. The molecule has 0 saturated carbocycles. The third-order valence-corrected chi connectivity index (χ3v) is 2.63. The van der Waals surface area contributed by atoms with E-state index in [2.05, 4.69) is 11.8 Å². The Balaban J connectivity index is 2.21. The van der Waals surface area contributed by atoms with Crippen molar-refractivity contribution >= 4 is 0 Å². The molecule has 0 aromatic rings. The zero-order valence-electron chi connectivity index (χ0n) is 7.55. The topological polar surface area (TPSA) is 29.3 Å². The molecule has 1 atom stereocenters. The molecule has 1 fully saturated rings. The molecule has 1 heterocycles. The molecule has 2 nitrogen and oxygen atoms in total. The number of nitrogens with zero attached hydrogens (tertiary/aromatic N) is 1. The van der Waals surface area contributed by atoms with Crippen LogP contribution in [0.25, 0.3) is 0 Å². The first-order chi connectivity index (χ1) is 5.36. The van der Waals surface area contributed by atoms with Crippen molar-refractivity contribution in [3.8, 4) is 0 Å². The third-order valence-electron chi connectivity index (χ3n) is 2.63. The molecule has 1 aliphatic heterocycles. The van der Waals surface area contributed by atoms with Crippen molar-refractivity contribution in [1.29, 1.82) is 0 Å². The molecule has 0 amide bonds. The van der Waals surface area contributed by atoms with E-state index < -0.39 is 0 Å². The Kier molecular flexibility index (Phi) is 3.87. The zero-order valence-corrected chi connectivity index (χ0v) is 7.55. The van der Waals surface area contributed by atoms with E-state index in [1.807, 2.05) is 0 Å². The van der Waals surface area contributed by atoms with Crippen molar-refractivity contribution < 1.29 is 0 Å². The maximum absolute atomic E-state index is 5.50. The highest BCUT2D eigenvalue weighted by Crippen LogP contribution is 2.18. The molecule has 1 aliphatic rings. The van der Waals surface area contributed by atoms with E-state index in [4.69, 9.17) is 5.73 Å². The minimum Gasteiger partial charge on any atom is -0.329 e. The van der Waals surface area contributed by atoms with Gasteiger partial charge in [0.05, 0.1) is 0 Å². The SMILES string of the molecule is CC[C@@H]1CCCN(CCN)C1. The predicted molar refractivity (Wildman–Crippen MR) is 48.5 cm³/mol. The zero-order chi connectivity index (χ0) is 8.10. The molecule has 0 aromatic carbocycles. The lowest BCUT2D eigenvalue weighted by Gasteiger charge is -2.31. The van der Waals surface area contributed by atoms with Crippen LogP contribution in [0.5, 0.6) is 0 Å². The van der Waals surface area contributed by atoms with Gasteiger partial charge < -0.3 is 10.6 Å². The fourth-order valence-electron chi connectivity index (χ4n) is 1.87. The molecule has 1 rings (SSSR count). The molecule has 66 valence electrons. The van der Waals surface area contributed by atoms with Gasteiger partial charge in [0.2, 0.25) is 0 Å². The minimum atomic E-state index is 0.816. The monoisotopic (exact) mass is 156 g/mol. The second kappa shape index (κ2) is 4.73. The molecule has 1 saturated heterocycles. The number of hydrogen-bond donors (Lipinski definition) is 1. The van der Waals surface area contributed by atoms with Crippen LogP contribution in [0.3, 0.4) is 0 Å².